The van der Waals surface area contributed by atoms with Gasteiger partial charge in [0.25, 0.3) is 0 Å². The van der Waals surface area contributed by atoms with Crippen molar-refractivity contribution in [3.05, 3.63) is 69.7 Å². The van der Waals surface area contributed by atoms with Crippen LogP contribution in [0.5, 0.6) is 0 Å². The first-order chi connectivity index (χ1) is 9.52. The molecule has 0 saturated heterocycles. The maximum atomic E-state index is 13.9. The molecule has 2 nitrogen and oxygen atoms in total. The normalized spacial score (nSPS) is 12.4. The summed E-state index contributed by atoms with van der Waals surface area (Å²) in [6.07, 6.45) is 0.285. The molecule has 0 aliphatic heterocycles. The van der Waals surface area contributed by atoms with Gasteiger partial charge in [-0.2, -0.15) is 0 Å². The average Bonchev–Trinajstić information content (AvgIpc) is 2.43. The van der Waals surface area contributed by atoms with Gasteiger partial charge in [-0.1, -0.05) is 29.8 Å². The molecule has 0 radical (unpaired) electrons. The van der Waals surface area contributed by atoms with Crippen LogP contribution < -0.4 is 11.3 Å². The monoisotopic (exact) mass is 296 g/mol. The lowest BCUT2D eigenvalue weighted by Gasteiger charge is -2.19. The van der Waals surface area contributed by atoms with Crippen molar-refractivity contribution in [1.82, 2.24) is 5.43 Å². The Hall–Kier alpha value is -1.49. The summed E-state index contributed by atoms with van der Waals surface area (Å²) >= 11 is 5.76. The van der Waals surface area contributed by atoms with Crippen molar-refractivity contribution in [3.63, 3.8) is 0 Å². The minimum Gasteiger partial charge on any atom is -0.271 e. The maximum absolute atomic E-state index is 13.9. The number of benzene rings is 2. The standard InChI is InChI=1S/C15H15ClF2N2/c1-9-5-6-11(17)8-12(9)14(20-19)7-10-3-2-4-13(16)15(10)18/h2-6,8,14,20H,7,19H2,1H3. The van der Waals surface area contributed by atoms with Crippen LogP contribution in [-0.2, 0) is 6.42 Å². The fourth-order valence-electron chi connectivity index (χ4n) is 2.17. The molecule has 0 amide bonds. The van der Waals surface area contributed by atoms with Gasteiger partial charge < -0.3 is 0 Å². The van der Waals surface area contributed by atoms with Crippen LogP contribution in [-0.4, -0.2) is 0 Å². The van der Waals surface area contributed by atoms with Gasteiger partial charge in [0, 0.05) is 0 Å². The summed E-state index contributed by atoms with van der Waals surface area (Å²) in [4.78, 5) is 0. The molecule has 3 N–H and O–H groups in total. The zero-order valence-electron chi connectivity index (χ0n) is 11.0. The smallest absolute Gasteiger partial charge is 0.145 e. The third-order valence-corrected chi connectivity index (χ3v) is 3.57. The molecule has 0 heterocycles. The summed E-state index contributed by atoms with van der Waals surface area (Å²) in [7, 11) is 0. The van der Waals surface area contributed by atoms with Gasteiger partial charge in [-0.25, -0.2) is 8.78 Å². The van der Waals surface area contributed by atoms with E-state index in [-0.39, 0.29) is 17.3 Å². The van der Waals surface area contributed by atoms with Crippen molar-refractivity contribution in [2.45, 2.75) is 19.4 Å². The largest absolute Gasteiger partial charge is 0.271 e. The Morgan fingerprint density at radius 1 is 1.25 bits per heavy atom. The van der Waals surface area contributed by atoms with E-state index in [1.807, 2.05) is 6.92 Å². The van der Waals surface area contributed by atoms with Crippen LogP contribution >= 0.6 is 11.6 Å². The molecule has 0 saturated carbocycles. The molecule has 1 unspecified atom stereocenters. The molecule has 0 aliphatic rings. The molecule has 106 valence electrons. The number of aryl methyl sites for hydroxylation is 1. The fourth-order valence-corrected chi connectivity index (χ4v) is 2.37. The van der Waals surface area contributed by atoms with Gasteiger partial charge in [0.2, 0.25) is 0 Å². The Balaban J connectivity index is 2.34. The zero-order valence-corrected chi connectivity index (χ0v) is 11.7. The lowest BCUT2D eigenvalue weighted by atomic mass is 9.95. The molecule has 2 rings (SSSR count). The maximum Gasteiger partial charge on any atom is 0.145 e. The second-order valence-electron chi connectivity index (χ2n) is 4.64. The molecule has 20 heavy (non-hydrogen) atoms. The summed E-state index contributed by atoms with van der Waals surface area (Å²) < 4.78 is 27.3. The third kappa shape index (κ3) is 3.15. The summed E-state index contributed by atoms with van der Waals surface area (Å²) in [6, 6.07) is 8.86. The third-order valence-electron chi connectivity index (χ3n) is 3.27. The Morgan fingerprint density at radius 3 is 2.70 bits per heavy atom. The van der Waals surface area contributed by atoms with Crippen LogP contribution in [0.2, 0.25) is 5.02 Å². The second-order valence-corrected chi connectivity index (χ2v) is 5.04. The van der Waals surface area contributed by atoms with Gasteiger partial charge in [0.15, 0.2) is 0 Å². The predicted molar refractivity (Wildman–Crippen MR) is 76.3 cm³/mol. The Kier molecular flexibility index (Phi) is 4.70. The fraction of sp³-hybridized carbons (Fsp3) is 0.200. The van der Waals surface area contributed by atoms with E-state index in [4.69, 9.17) is 17.4 Å². The predicted octanol–water partition coefficient (Wildman–Crippen LogP) is 3.67. The highest BCUT2D eigenvalue weighted by Gasteiger charge is 2.17. The van der Waals surface area contributed by atoms with Gasteiger partial charge in [0.05, 0.1) is 11.1 Å². The van der Waals surface area contributed by atoms with Gasteiger partial charge in [-0.05, 0) is 48.2 Å². The number of nitrogens with two attached hydrogens (primary N) is 1. The van der Waals surface area contributed by atoms with Crippen molar-refractivity contribution in [2.75, 3.05) is 0 Å². The number of halogens is 3. The van der Waals surface area contributed by atoms with Gasteiger partial charge >= 0.3 is 0 Å². The molecule has 5 heteroatoms. The molecule has 2 aromatic rings. The summed E-state index contributed by atoms with van der Waals surface area (Å²) in [5, 5.41) is 0.0641. The molecule has 1 atom stereocenters. The molecule has 0 aliphatic carbocycles. The number of nitrogens with one attached hydrogen (secondary N) is 1. The SMILES string of the molecule is Cc1ccc(F)cc1C(Cc1cccc(Cl)c1F)NN. The van der Waals surface area contributed by atoms with E-state index >= 15 is 0 Å². The Morgan fingerprint density at radius 2 is 2.00 bits per heavy atom. The van der Waals surface area contributed by atoms with Crippen molar-refractivity contribution in [2.24, 2.45) is 5.84 Å². The first-order valence-electron chi connectivity index (χ1n) is 6.18. The van der Waals surface area contributed by atoms with Crippen molar-refractivity contribution < 1.29 is 8.78 Å². The zero-order chi connectivity index (χ0) is 14.7. The van der Waals surface area contributed by atoms with Gasteiger partial charge in [0.1, 0.15) is 11.6 Å². The van der Waals surface area contributed by atoms with E-state index in [9.17, 15) is 8.78 Å². The number of rotatable bonds is 4. The number of hydrazine groups is 1. The van der Waals surface area contributed by atoms with Crippen molar-refractivity contribution in [1.29, 1.82) is 0 Å². The van der Waals surface area contributed by atoms with Crippen LogP contribution in [0.1, 0.15) is 22.7 Å². The van der Waals surface area contributed by atoms with E-state index in [0.29, 0.717) is 11.1 Å². The molecular formula is C15H15ClF2N2. The summed E-state index contributed by atoms with van der Waals surface area (Å²) in [6.45, 7) is 1.85. The van der Waals surface area contributed by atoms with Crippen LogP contribution in [0.15, 0.2) is 36.4 Å². The van der Waals surface area contributed by atoms with Crippen LogP contribution in [0.25, 0.3) is 0 Å². The lowest BCUT2D eigenvalue weighted by molar-refractivity contribution is 0.522. The minimum atomic E-state index is -0.469. The molecule has 0 fully saturated rings. The van der Waals surface area contributed by atoms with E-state index < -0.39 is 11.9 Å². The Labute approximate surface area is 121 Å². The first-order valence-corrected chi connectivity index (χ1v) is 6.55. The first kappa shape index (κ1) is 14.9. The Bertz CT molecular complexity index is 617. The molecular weight excluding hydrogens is 282 g/mol. The molecule has 0 aromatic heterocycles. The van der Waals surface area contributed by atoms with E-state index in [0.717, 1.165) is 5.56 Å². The topological polar surface area (TPSA) is 38.0 Å². The summed E-state index contributed by atoms with van der Waals surface area (Å²) in [5.41, 5.74) is 4.63. The van der Waals surface area contributed by atoms with Crippen LogP contribution in [0, 0.1) is 18.6 Å². The average molecular weight is 297 g/mol. The lowest BCUT2D eigenvalue weighted by Crippen LogP contribution is -2.30. The highest BCUT2D eigenvalue weighted by molar-refractivity contribution is 6.30. The highest BCUT2D eigenvalue weighted by Crippen LogP contribution is 2.25. The molecule has 0 bridgehead atoms. The quantitative estimate of drug-likeness (QED) is 0.667. The van der Waals surface area contributed by atoms with E-state index in [2.05, 4.69) is 5.43 Å². The number of hydrogen-bond acceptors (Lipinski definition) is 2. The van der Waals surface area contributed by atoms with E-state index in [1.165, 1.54) is 18.2 Å². The highest BCUT2D eigenvalue weighted by atomic mass is 35.5. The van der Waals surface area contributed by atoms with Crippen LogP contribution in [0.4, 0.5) is 8.78 Å². The molecule has 0 spiro atoms. The summed E-state index contributed by atoms with van der Waals surface area (Å²) in [5.74, 6) is 4.71. The number of hydrogen-bond donors (Lipinski definition) is 2. The van der Waals surface area contributed by atoms with E-state index in [1.54, 1.807) is 18.2 Å². The van der Waals surface area contributed by atoms with Gasteiger partial charge in [-0.3, -0.25) is 11.3 Å². The molecule has 2 aromatic carbocycles. The van der Waals surface area contributed by atoms with Crippen molar-refractivity contribution >= 4 is 11.6 Å². The second kappa shape index (κ2) is 6.31. The van der Waals surface area contributed by atoms with Crippen molar-refractivity contribution in [3.8, 4) is 0 Å². The minimum absolute atomic E-state index is 0.0641. The van der Waals surface area contributed by atoms with Crippen LogP contribution in [0.3, 0.4) is 0 Å². The van der Waals surface area contributed by atoms with Gasteiger partial charge in [-0.15, -0.1) is 0 Å².